The zero-order chi connectivity index (χ0) is 60.1. The highest BCUT2D eigenvalue weighted by Gasteiger charge is 2.41. The monoisotopic (exact) mass is 1170 g/mol. The Hall–Kier alpha value is -7.39. The Morgan fingerprint density at radius 2 is 0.966 bits per heavy atom. The summed E-state index contributed by atoms with van der Waals surface area (Å²) in [6, 6.07) is 37.1. The molecule has 0 aliphatic heterocycles. The van der Waals surface area contributed by atoms with Gasteiger partial charge in [-0.05, 0) is 116 Å². The normalized spacial score (nSPS) is 18.3. The Morgan fingerprint density at radius 1 is 0.517 bits per heavy atom. The van der Waals surface area contributed by atoms with Gasteiger partial charge >= 0.3 is 5.97 Å². The van der Waals surface area contributed by atoms with Gasteiger partial charge in [0.1, 0.15) is 24.6 Å². The zero-order valence-corrected chi connectivity index (χ0v) is 52.0. The highest BCUT2D eigenvalue weighted by molar-refractivity contribution is 6.41. The van der Waals surface area contributed by atoms with E-state index >= 15 is 0 Å². The second kappa shape index (κ2) is 29.5. The smallest absolute Gasteiger partial charge is 0.309 e. The first-order valence-electron chi connectivity index (χ1n) is 33.9. The van der Waals surface area contributed by atoms with Crippen molar-refractivity contribution in [2.24, 2.45) is 17.8 Å². The number of pyridine rings is 2. The Kier molecular flexibility index (Phi) is 20.8. The summed E-state index contributed by atoms with van der Waals surface area (Å²) in [7, 11) is 0. The second-order valence-electron chi connectivity index (χ2n) is 25.6. The zero-order valence-electron chi connectivity index (χ0n) is 52.0. The molecule has 3 aromatic heterocycles. The predicted molar refractivity (Wildman–Crippen MR) is 355 cm³/mol. The van der Waals surface area contributed by atoms with Crippen molar-refractivity contribution in [1.82, 2.24) is 4.57 Å². The van der Waals surface area contributed by atoms with Crippen LogP contribution in [0, 0.1) is 17.8 Å². The van der Waals surface area contributed by atoms with Crippen LogP contribution in [-0.2, 0) is 38.8 Å². The van der Waals surface area contributed by atoms with E-state index in [0.717, 1.165) is 139 Å². The molecule has 4 aromatic carbocycles. The van der Waals surface area contributed by atoms with Crippen molar-refractivity contribution in [3.8, 4) is 0 Å². The summed E-state index contributed by atoms with van der Waals surface area (Å²) >= 11 is 0. The SMILES string of the molecule is CCCCCCCCCCCC[n+]1c(/C=C2\C(=O)C(c3ccc4c(c3)c3cc(C5=C(O)/C(=C\c6ccc7ccccc7[n+]6CCCCCCCCCCCC)C5=O)ccc3n4CCCCCCOC(=O)C3CC4C=CC3C4)=C2O)ccc2ccccc21. The first-order chi connectivity index (χ1) is 42.7. The van der Waals surface area contributed by atoms with E-state index in [9.17, 15) is 24.6 Å². The lowest BCUT2D eigenvalue weighted by Crippen LogP contribution is -2.38. The minimum atomic E-state index is -0.196. The number of benzene rings is 4. The van der Waals surface area contributed by atoms with E-state index in [4.69, 9.17) is 4.74 Å². The van der Waals surface area contributed by atoms with Crippen LogP contribution < -0.4 is 9.13 Å². The van der Waals surface area contributed by atoms with Gasteiger partial charge in [0.25, 0.3) is 0 Å². The van der Waals surface area contributed by atoms with E-state index in [1.54, 1.807) is 0 Å². The van der Waals surface area contributed by atoms with Crippen molar-refractivity contribution in [1.29, 1.82) is 0 Å². The minimum absolute atomic E-state index is 0.00824. The second-order valence-corrected chi connectivity index (χ2v) is 25.6. The Labute approximate surface area is 516 Å². The number of esters is 1. The van der Waals surface area contributed by atoms with Crippen LogP contribution in [0.4, 0.5) is 0 Å². The van der Waals surface area contributed by atoms with E-state index in [2.05, 4.69) is 112 Å². The van der Waals surface area contributed by atoms with Crippen molar-refractivity contribution < 1.29 is 38.5 Å². The number of fused-ring (bicyclic) bond motifs is 7. The third-order valence-corrected chi connectivity index (χ3v) is 19.5. The van der Waals surface area contributed by atoms with Gasteiger partial charge in [0.2, 0.25) is 34.0 Å². The van der Waals surface area contributed by atoms with Gasteiger partial charge in [-0.2, -0.15) is 9.13 Å². The number of hydrogen-bond donors (Lipinski definition) is 2. The molecule has 2 N–H and O–H groups in total. The maximum Gasteiger partial charge on any atom is 0.309 e. The highest BCUT2D eigenvalue weighted by Crippen LogP contribution is 2.45. The molecule has 0 spiro atoms. The summed E-state index contributed by atoms with van der Waals surface area (Å²) in [6.45, 7) is 7.34. The number of allylic oxidation sites excluding steroid dienone is 6. The largest absolute Gasteiger partial charge is 0.506 e. The number of ether oxygens (including phenoxy) is 1. The molecule has 454 valence electrons. The number of Topliss-reactive ketones (excluding diaryl/α,β-unsaturated/α-hetero) is 2. The van der Waals surface area contributed by atoms with E-state index in [-0.39, 0.29) is 35.0 Å². The lowest BCUT2D eigenvalue weighted by molar-refractivity contribution is -0.673. The van der Waals surface area contributed by atoms with Gasteiger partial charge in [0, 0.05) is 88.4 Å². The summed E-state index contributed by atoms with van der Waals surface area (Å²) in [4.78, 5) is 41.7. The van der Waals surface area contributed by atoms with Crippen molar-refractivity contribution in [2.75, 3.05) is 6.61 Å². The number of aromatic nitrogens is 3. The van der Waals surface area contributed by atoms with Crippen molar-refractivity contribution in [3.05, 3.63) is 167 Å². The molecule has 3 unspecified atom stereocenters. The van der Waals surface area contributed by atoms with E-state index < -0.39 is 0 Å². The van der Waals surface area contributed by atoms with Crippen LogP contribution in [0.5, 0.6) is 0 Å². The van der Waals surface area contributed by atoms with Crippen molar-refractivity contribution >= 4 is 84.4 Å². The molecule has 0 radical (unpaired) electrons. The van der Waals surface area contributed by atoms with Crippen LogP contribution in [-0.4, -0.2) is 38.9 Å². The molecular weight excluding hydrogens is 1070 g/mol. The van der Waals surface area contributed by atoms with Gasteiger partial charge in [-0.15, -0.1) is 0 Å². The number of para-hydroxylation sites is 2. The maximum atomic E-state index is 14.4. The van der Waals surface area contributed by atoms with Gasteiger partial charge in [-0.1, -0.05) is 172 Å². The van der Waals surface area contributed by atoms with Gasteiger partial charge in [-0.3, -0.25) is 14.4 Å². The van der Waals surface area contributed by atoms with Gasteiger partial charge in [-0.25, -0.2) is 0 Å². The average Bonchev–Trinajstić information content (AvgIpc) is 2.23. The standard InChI is InChI=1S/C78H91N3O6/c1-3-5-7-9-11-13-15-17-19-27-45-79-61(41-37-56-31-23-25-33-68(56)79)53-66-74(82)72(75(66)83)59-39-43-70-64(51-59)65-52-60(40-44-71(65)81(70)47-29-21-22-30-48-87-78(86)63-50-55-35-36-58(63)49-55)73-76(84)67(77(73)85)54-62-42-38-57-32-24-26-34-69(57)80(62)46-28-20-18-16-14-12-10-8-6-4-2/h23-26,31-44,51-55,58,63H,3-22,27-30,45-50H2,1-2H3/p+2. The molecule has 9 heteroatoms. The topological polar surface area (TPSA) is 114 Å². The molecule has 2 bridgehead atoms. The van der Waals surface area contributed by atoms with Crippen molar-refractivity contribution in [3.63, 3.8) is 0 Å². The first kappa shape index (κ1) is 61.3. The molecule has 3 atom stereocenters. The third-order valence-electron chi connectivity index (χ3n) is 19.5. The number of aliphatic hydroxyl groups is 2. The molecule has 1 saturated carbocycles. The molecule has 0 amide bonds. The van der Waals surface area contributed by atoms with Crippen LogP contribution in [0.1, 0.15) is 203 Å². The molecule has 7 aromatic rings. The summed E-state index contributed by atoms with van der Waals surface area (Å²) in [5.41, 5.74) is 8.42. The quantitative estimate of drug-likeness (QED) is 0.0137. The highest BCUT2D eigenvalue weighted by atomic mass is 16.5. The molecule has 4 aliphatic carbocycles. The summed E-state index contributed by atoms with van der Waals surface area (Å²) < 4.78 is 12.7. The maximum absolute atomic E-state index is 14.4. The Morgan fingerprint density at radius 3 is 1.41 bits per heavy atom. The number of aliphatic hydroxyl groups excluding tert-OH is 2. The predicted octanol–water partition coefficient (Wildman–Crippen LogP) is 18.7. The van der Waals surface area contributed by atoms with Crippen molar-refractivity contribution in [2.45, 2.75) is 200 Å². The molecule has 87 heavy (non-hydrogen) atoms. The summed E-state index contributed by atoms with van der Waals surface area (Å²) in [5.74, 6) is 0.430. The van der Waals surface area contributed by atoms with Crippen LogP contribution >= 0.6 is 0 Å². The molecule has 3 heterocycles. The van der Waals surface area contributed by atoms with Crippen LogP contribution in [0.25, 0.3) is 66.9 Å². The fourth-order valence-electron chi connectivity index (χ4n) is 14.5. The number of hydrogen-bond acceptors (Lipinski definition) is 6. The minimum Gasteiger partial charge on any atom is -0.506 e. The van der Waals surface area contributed by atoms with Crippen LogP contribution in [0.2, 0.25) is 0 Å². The van der Waals surface area contributed by atoms with Gasteiger partial charge < -0.3 is 19.5 Å². The van der Waals surface area contributed by atoms with E-state index in [1.165, 1.54) is 103 Å². The van der Waals surface area contributed by atoms with E-state index in [1.807, 2.05) is 48.6 Å². The molecule has 4 aliphatic rings. The lowest BCUT2D eigenvalue weighted by Gasteiger charge is -2.21. The lowest BCUT2D eigenvalue weighted by atomic mass is 9.82. The molecule has 0 saturated heterocycles. The molecular formula is C78H93N3O6+2. The first-order valence-corrected chi connectivity index (χ1v) is 33.9. The number of carbonyl (C=O) groups excluding carboxylic acids is 3. The third kappa shape index (κ3) is 14.0. The number of unbranched alkanes of at least 4 members (excludes halogenated alkanes) is 21. The Balaban J connectivity index is 0.838. The van der Waals surface area contributed by atoms with Crippen LogP contribution in [0.3, 0.4) is 0 Å². The number of carbonyl (C=O) groups is 3. The number of nitrogens with zero attached hydrogens (tertiary/aromatic N) is 3. The Bertz CT molecular complexity index is 3580. The number of rotatable bonds is 34. The summed E-state index contributed by atoms with van der Waals surface area (Å²) in [5, 5.41) is 27.9. The molecule has 9 nitrogen and oxygen atoms in total. The molecule has 1 fully saturated rings. The summed E-state index contributed by atoms with van der Waals surface area (Å²) in [6.07, 6.45) is 38.9. The average molecular weight is 1170 g/mol. The van der Waals surface area contributed by atoms with E-state index in [0.29, 0.717) is 51.9 Å². The van der Waals surface area contributed by atoms with Gasteiger partial charge in [0.15, 0.2) is 0 Å². The fraction of sp³-hybridized carbons (Fsp3) is 0.449. The van der Waals surface area contributed by atoms with Gasteiger partial charge in [0.05, 0.1) is 34.8 Å². The fourth-order valence-corrected chi connectivity index (χ4v) is 14.5. The molecule has 11 rings (SSSR count). The number of aryl methyl sites for hydroxylation is 3. The van der Waals surface area contributed by atoms with Crippen LogP contribution in [0.15, 0.2) is 144 Å². The number of ketones is 2.